The van der Waals surface area contributed by atoms with Gasteiger partial charge in [0.15, 0.2) is 5.60 Å². The summed E-state index contributed by atoms with van der Waals surface area (Å²) in [5.41, 5.74) is 3.66. The number of fused-ring (bicyclic) bond motifs is 6. The number of rotatable bonds is 15. The van der Waals surface area contributed by atoms with Crippen LogP contribution in [0.15, 0.2) is 48.6 Å². The molecule has 6 aliphatic rings. The van der Waals surface area contributed by atoms with Crippen molar-refractivity contribution in [3.8, 4) is 5.75 Å². The van der Waals surface area contributed by atoms with E-state index >= 15 is 0 Å². The van der Waals surface area contributed by atoms with Gasteiger partial charge in [0.2, 0.25) is 0 Å². The van der Waals surface area contributed by atoms with Gasteiger partial charge in [0.25, 0.3) is 12.4 Å². The van der Waals surface area contributed by atoms with E-state index in [9.17, 15) is 34.5 Å². The van der Waals surface area contributed by atoms with Crippen LogP contribution < -0.4 is 20.5 Å². The average Bonchev–Trinajstić information content (AvgIpc) is 4.00. The standard InChI is InChI=1S/C50H66N6O10S2/c1-6-46(62)25-32-26-48(29-65-30-57,40-34(13-18-55(27-32)28-46)33-11-8-9-12-37(33)51-40)36-23-35-38(24-39(36)64-5)54(4)42-49(35)16-19-56-17-10-15-47(7-2,41(49)56)43(59)50(42,63)44(60)52-53-45(61)66-20-22-68-67-21-14-31(3)58/h8-12,15,23-24,30,32,41-43,51,59,62-63H,6-7,13-14,16-22,25-29H2,1-5H3,(H,52,60)(H,53,61)/t32?,41-,42+,43+,46-,47+,48-,49+,50-/m0/s1. The number of likely N-dealkylation sites (N-methyl/N-ethyl adjacent to an activating group) is 1. The number of aliphatic hydroxyl groups is 3. The van der Waals surface area contributed by atoms with Crippen molar-refractivity contribution in [3.05, 3.63) is 70.9 Å². The molecule has 2 aromatic carbocycles. The minimum absolute atomic E-state index is 0.0146. The molecule has 6 N–H and O–H groups in total. The number of amides is 2. The number of carbonyl (C=O) groups is 4. The number of para-hydroxylation sites is 1. The molecule has 16 nitrogen and oxygen atoms in total. The summed E-state index contributed by atoms with van der Waals surface area (Å²) in [6, 6.07) is 11.0. The number of hydrazine groups is 1. The van der Waals surface area contributed by atoms with Crippen molar-refractivity contribution in [2.45, 2.75) is 106 Å². The molecule has 6 heterocycles. The summed E-state index contributed by atoms with van der Waals surface area (Å²) < 4.78 is 17.8. The zero-order valence-corrected chi connectivity index (χ0v) is 41.3. The summed E-state index contributed by atoms with van der Waals surface area (Å²) in [4.78, 5) is 62.1. The number of nitrogens with one attached hydrogen (secondary N) is 3. The molecule has 2 unspecified atom stereocenters. The van der Waals surface area contributed by atoms with Crippen LogP contribution in [-0.4, -0.2) is 155 Å². The molecule has 1 saturated carbocycles. The van der Waals surface area contributed by atoms with E-state index in [1.54, 1.807) is 14.0 Å². The van der Waals surface area contributed by atoms with Gasteiger partial charge in [0, 0.05) is 102 Å². The molecule has 5 aliphatic heterocycles. The SMILES string of the molecule is CC[C@]1(O)CC2CN(CCc3c([nH]c4ccccc34)[C@@](COC=O)(c3cc4c(cc3OC)N(C)[C@H]3[C@@](O)(C(=O)NNC(=O)OCCSSCCC(C)=O)[C@H](O)[C@]5(CC)C=CCN6CC[C@]43[C@@H]65)C2)C1. The number of aromatic nitrogens is 1. The largest absolute Gasteiger partial charge is 0.496 e. The number of ketones is 1. The summed E-state index contributed by atoms with van der Waals surface area (Å²) in [6.07, 6.45) is 5.18. The van der Waals surface area contributed by atoms with E-state index in [-0.39, 0.29) is 31.0 Å². The minimum Gasteiger partial charge on any atom is -0.496 e. The van der Waals surface area contributed by atoms with Crippen molar-refractivity contribution < 1.29 is 48.7 Å². The van der Waals surface area contributed by atoms with Crippen LogP contribution in [0.1, 0.15) is 81.7 Å². The highest BCUT2D eigenvalue weighted by molar-refractivity contribution is 8.76. The summed E-state index contributed by atoms with van der Waals surface area (Å²) in [5.74, 6) is 0.745. The van der Waals surface area contributed by atoms with Crippen LogP contribution in [0.5, 0.6) is 5.75 Å². The monoisotopic (exact) mass is 974 g/mol. The van der Waals surface area contributed by atoms with Crippen LogP contribution >= 0.6 is 21.6 Å². The first kappa shape index (κ1) is 48.7. The third-order valence-electron chi connectivity index (χ3n) is 16.5. The van der Waals surface area contributed by atoms with Gasteiger partial charge in [0.05, 0.1) is 24.2 Å². The number of anilines is 1. The van der Waals surface area contributed by atoms with Crippen molar-refractivity contribution in [2.75, 3.05) is 76.5 Å². The van der Waals surface area contributed by atoms with Gasteiger partial charge in [-0.3, -0.25) is 29.6 Å². The smallest absolute Gasteiger partial charge is 0.426 e. The van der Waals surface area contributed by atoms with Crippen LogP contribution in [0.2, 0.25) is 0 Å². The van der Waals surface area contributed by atoms with E-state index in [0.717, 1.165) is 52.1 Å². The third kappa shape index (κ3) is 7.71. The van der Waals surface area contributed by atoms with Crippen molar-refractivity contribution in [3.63, 3.8) is 0 Å². The van der Waals surface area contributed by atoms with Gasteiger partial charge in [-0.25, -0.2) is 10.2 Å². The quantitative estimate of drug-likeness (QED) is 0.0412. The number of nitrogens with zero attached hydrogens (tertiary/aromatic N) is 3. The Balaban J connectivity index is 1.17. The van der Waals surface area contributed by atoms with E-state index < -0.39 is 51.6 Å². The van der Waals surface area contributed by atoms with Gasteiger partial charge >= 0.3 is 6.09 Å². The van der Waals surface area contributed by atoms with Crippen LogP contribution in [0.4, 0.5) is 10.5 Å². The molecule has 3 aromatic rings. The van der Waals surface area contributed by atoms with Gasteiger partial charge in [-0.1, -0.05) is 65.8 Å². The molecule has 2 saturated heterocycles. The molecule has 368 valence electrons. The first-order valence-electron chi connectivity index (χ1n) is 24.0. The summed E-state index contributed by atoms with van der Waals surface area (Å²) in [6.45, 7) is 9.35. The van der Waals surface area contributed by atoms with Crippen molar-refractivity contribution in [1.29, 1.82) is 0 Å². The molecular formula is C50H66N6O10S2. The zero-order valence-electron chi connectivity index (χ0n) is 39.7. The van der Waals surface area contributed by atoms with E-state index in [1.165, 1.54) is 21.6 Å². The lowest BCUT2D eigenvalue weighted by Crippen LogP contribution is -2.82. The molecule has 2 amide bonds. The number of piperidine rings is 1. The number of aromatic amines is 1. The number of hydrogen-bond acceptors (Lipinski definition) is 15. The maximum absolute atomic E-state index is 14.9. The van der Waals surface area contributed by atoms with E-state index in [1.807, 2.05) is 56.1 Å². The molecule has 3 fully saturated rings. The highest BCUT2D eigenvalue weighted by Crippen LogP contribution is 2.67. The minimum atomic E-state index is -2.49. The number of ether oxygens (including phenoxy) is 3. The molecule has 10 atom stereocenters. The summed E-state index contributed by atoms with van der Waals surface area (Å²) in [5, 5.41) is 39.3. The lowest BCUT2D eigenvalue weighted by molar-refractivity contribution is -0.204. The lowest BCUT2D eigenvalue weighted by atomic mass is 9.47. The second kappa shape index (κ2) is 18.8. The Morgan fingerprint density at radius 2 is 1.81 bits per heavy atom. The molecule has 1 spiro atoms. The Labute approximate surface area is 405 Å². The average molecular weight is 975 g/mol. The molecule has 2 bridgehead atoms. The maximum Gasteiger partial charge on any atom is 0.426 e. The fourth-order valence-electron chi connectivity index (χ4n) is 13.8. The Morgan fingerprint density at radius 3 is 2.56 bits per heavy atom. The van der Waals surface area contributed by atoms with Crippen molar-refractivity contribution in [2.24, 2.45) is 11.3 Å². The first-order valence-corrected chi connectivity index (χ1v) is 26.5. The topological polar surface area (TPSA) is 206 Å². The van der Waals surface area contributed by atoms with Crippen LogP contribution in [0.3, 0.4) is 0 Å². The number of Topliss-reactive ketones (excluding diaryl/α,β-unsaturated/α-hetero) is 1. The van der Waals surface area contributed by atoms with Crippen molar-refractivity contribution >= 4 is 62.4 Å². The van der Waals surface area contributed by atoms with Gasteiger partial charge in [0.1, 0.15) is 30.9 Å². The van der Waals surface area contributed by atoms with Crippen LogP contribution in [0.25, 0.3) is 10.9 Å². The fraction of sp³-hybridized carbons (Fsp3) is 0.600. The zero-order chi connectivity index (χ0) is 48.2. The molecule has 1 aromatic heterocycles. The second-order valence-electron chi connectivity index (χ2n) is 20.0. The summed E-state index contributed by atoms with van der Waals surface area (Å²) >= 11 is 0. The molecule has 1 aliphatic carbocycles. The highest BCUT2D eigenvalue weighted by Gasteiger charge is 2.78. The second-order valence-corrected chi connectivity index (χ2v) is 22.7. The van der Waals surface area contributed by atoms with Crippen LogP contribution in [-0.2, 0) is 41.1 Å². The number of carbonyl (C=O) groups excluding carboxylic acids is 4. The number of hydrogen-bond donors (Lipinski definition) is 6. The van der Waals surface area contributed by atoms with E-state index in [4.69, 9.17) is 14.2 Å². The van der Waals surface area contributed by atoms with E-state index in [2.05, 4.69) is 43.8 Å². The molecular weight excluding hydrogens is 909 g/mol. The molecule has 9 rings (SSSR count). The molecule has 0 radical (unpaired) electrons. The fourth-order valence-corrected chi connectivity index (χ4v) is 15.7. The predicted molar refractivity (Wildman–Crippen MR) is 262 cm³/mol. The summed E-state index contributed by atoms with van der Waals surface area (Å²) in [7, 11) is 6.43. The number of benzene rings is 2. The predicted octanol–water partition coefficient (Wildman–Crippen LogP) is 4.37. The molecule has 68 heavy (non-hydrogen) atoms. The Morgan fingerprint density at radius 1 is 1.01 bits per heavy atom. The number of H-pyrrole nitrogens is 1. The van der Waals surface area contributed by atoms with E-state index in [0.29, 0.717) is 88.3 Å². The Bertz CT molecular complexity index is 2470. The Kier molecular flexibility index (Phi) is 13.5. The molecule has 18 heteroatoms. The van der Waals surface area contributed by atoms with Crippen molar-refractivity contribution in [1.82, 2.24) is 25.6 Å². The normalized spacial score (nSPS) is 33.5. The van der Waals surface area contributed by atoms with Gasteiger partial charge in [-0.05, 0) is 81.2 Å². The number of aliphatic hydroxyl groups excluding tert-OH is 1. The van der Waals surface area contributed by atoms with Gasteiger partial charge in [-0.15, -0.1) is 0 Å². The Hall–Kier alpha value is -4.30. The third-order valence-corrected chi connectivity index (χ3v) is 18.9. The maximum atomic E-state index is 14.9. The number of methoxy groups -OCH3 is 1. The highest BCUT2D eigenvalue weighted by atomic mass is 33.1. The lowest BCUT2D eigenvalue weighted by Gasteiger charge is -2.63. The van der Waals surface area contributed by atoms with Crippen LogP contribution in [0, 0.1) is 11.3 Å². The van der Waals surface area contributed by atoms with Gasteiger partial charge in [-0.2, -0.15) is 0 Å². The first-order chi connectivity index (χ1) is 32.7. The van der Waals surface area contributed by atoms with Gasteiger partial charge < -0.3 is 39.4 Å².